The Morgan fingerprint density at radius 2 is 1.34 bits per heavy atom. The minimum absolute atomic E-state index is 0.0837. The Kier molecular flexibility index (Phi) is 16.0. The molecule has 0 saturated carbocycles. The lowest BCUT2D eigenvalue weighted by Gasteiger charge is -2.27. The predicted octanol–water partition coefficient (Wildman–Crippen LogP) is 3.86. The van der Waals surface area contributed by atoms with Crippen LogP contribution >= 0.6 is 0 Å². The van der Waals surface area contributed by atoms with Gasteiger partial charge in [-0.15, -0.1) is 0 Å². The lowest BCUT2D eigenvalue weighted by Crippen LogP contribution is -2.52. The lowest BCUT2D eigenvalue weighted by molar-refractivity contribution is -0.149. The van der Waals surface area contributed by atoms with Crippen LogP contribution in [0.15, 0.2) is 0 Å². The molecule has 1 saturated heterocycles. The van der Waals surface area contributed by atoms with Crippen LogP contribution < -0.4 is 5.32 Å². The Hall–Kier alpha value is -2.16. The molecule has 1 fully saturated rings. The summed E-state index contributed by atoms with van der Waals surface area (Å²) >= 11 is 0. The number of hydrogen-bond acceptors (Lipinski definition) is 5. The second-order valence-electron chi connectivity index (χ2n) is 9.78. The quantitative estimate of drug-likeness (QED) is 0.187. The SMILES string of the molecule is CCCCCCCCCCCCCCCC(=O)N[C@@H](CCC(=O)O)C(=O)N1C[C@H](O)C[C@H]1C(=O)O. The van der Waals surface area contributed by atoms with Crippen molar-refractivity contribution in [1.29, 1.82) is 0 Å². The first-order valence-corrected chi connectivity index (χ1v) is 13.5. The fourth-order valence-corrected chi connectivity index (χ4v) is 4.59. The number of β-amino-alcohol motifs (C(OH)–C–C–N with tert-alkyl or cyclic N) is 1. The van der Waals surface area contributed by atoms with E-state index in [4.69, 9.17) is 5.11 Å². The van der Waals surface area contributed by atoms with E-state index in [2.05, 4.69) is 12.2 Å². The molecule has 0 unspecified atom stereocenters. The summed E-state index contributed by atoms with van der Waals surface area (Å²) in [5.41, 5.74) is 0. The number of carboxylic acids is 2. The van der Waals surface area contributed by atoms with E-state index in [0.717, 1.165) is 24.2 Å². The first-order valence-electron chi connectivity index (χ1n) is 13.5. The van der Waals surface area contributed by atoms with E-state index < -0.39 is 36.0 Å². The van der Waals surface area contributed by atoms with Crippen molar-refractivity contribution >= 4 is 23.8 Å². The smallest absolute Gasteiger partial charge is 0.326 e. The summed E-state index contributed by atoms with van der Waals surface area (Å²) in [4.78, 5) is 48.8. The minimum atomic E-state index is -1.23. The van der Waals surface area contributed by atoms with E-state index in [1.54, 1.807) is 0 Å². The van der Waals surface area contributed by atoms with Crippen molar-refractivity contribution in [3.63, 3.8) is 0 Å². The third-order valence-electron chi connectivity index (χ3n) is 6.63. The van der Waals surface area contributed by atoms with Crippen LogP contribution in [-0.4, -0.2) is 68.7 Å². The molecular formula is C26H46N2O7. The molecule has 9 heteroatoms. The van der Waals surface area contributed by atoms with Crippen molar-refractivity contribution in [1.82, 2.24) is 10.2 Å². The standard InChI is InChI=1S/C26H46N2O7/c1-2-3-4-5-6-7-8-9-10-11-12-13-14-15-23(30)27-21(16-17-24(31)32)25(33)28-19-20(29)18-22(28)26(34)35/h20-22,29H,2-19H2,1H3,(H,27,30)(H,31,32)(H,34,35)/t20-,21+,22+/m1/s1. The van der Waals surface area contributed by atoms with Gasteiger partial charge in [-0.25, -0.2) is 4.79 Å². The maximum Gasteiger partial charge on any atom is 0.326 e. The van der Waals surface area contributed by atoms with Gasteiger partial charge in [0, 0.05) is 25.8 Å². The molecule has 0 spiro atoms. The van der Waals surface area contributed by atoms with E-state index in [1.807, 2.05) is 0 Å². The molecule has 1 aliphatic rings. The number of rotatable bonds is 20. The molecule has 0 aromatic heterocycles. The minimum Gasteiger partial charge on any atom is -0.481 e. The van der Waals surface area contributed by atoms with E-state index in [9.17, 15) is 29.4 Å². The maximum atomic E-state index is 12.9. The number of carbonyl (C=O) groups excluding carboxylic acids is 2. The van der Waals surface area contributed by atoms with Gasteiger partial charge in [-0.05, 0) is 12.8 Å². The highest BCUT2D eigenvalue weighted by Gasteiger charge is 2.41. The number of aliphatic hydroxyl groups is 1. The van der Waals surface area contributed by atoms with Crippen LogP contribution in [0.5, 0.6) is 0 Å². The van der Waals surface area contributed by atoms with Crippen molar-refractivity contribution in [3.05, 3.63) is 0 Å². The highest BCUT2D eigenvalue weighted by atomic mass is 16.4. The van der Waals surface area contributed by atoms with Gasteiger partial charge in [-0.2, -0.15) is 0 Å². The molecule has 35 heavy (non-hydrogen) atoms. The molecule has 4 N–H and O–H groups in total. The number of nitrogens with one attached hydrogen (secondary N) is 1. The van der Waals surface area contributed by atoms with Crippen LogP contribution in [-0.2, 0) is 19.2 Å². The topological polar surface area (TPSA) is 144 Å². The number of aliphatic carboxylic acids is 2. The van der Waals surface area contributed by atoms with Crippen molar-refractivity contribution in [2.24, 2.45) is 0 Å². The van der Waals surface area contributed by atoms with Crippen molar-refractivity contribution in [3.8, 4) is 0 Å². The third-order valence-corrected chi connectivity index (χ3v) is 6.63. The average molecular weight is 499 g/mol. The van der Waals surface area contributed by atoms with Crippen molar-refractivity contribution in [2.75, 3.05) is 6.54 Å². The molecule has 0 radical (unpaired) electrons. The monoisotopic (exact) mass is 498 g/mol. The second kappa shape index (κ2) is 18.2. The molecule has 1 aliphatic heterocycles. The summed E-state index contributed by atoms with van der Waals surface area (Å²) in [6.45, 7) is 2.08. The number of amides is 2. The Labute approximate surface area is 209 Å². The molecule has 2 amide bonds. The molecule has 1 rings (SSSR count). The van der Waals surface area contributed by atoms with Crippen LogP contribution in [0.2, 0.25) is 0 Å². The van der Waals surface area contributed by atoms with Gasteiger partial charge in [-0.1, -0.05) is 84.0 Å². The Balaban J connectivity index is 2.29. The highest BCUT2D eigenvalue weighted by molar-refractivity contribution is 5.91. The van der Waals surface area contributed by atoms with Crippen LogP contribution in [0.25, 0.3) is 0 Å². The summed E-state index contributed by atoms with van der Waals surface area (Å²) in [6.07, 6.45) is 14.2. The zero-order valence-electron chi connectivity index (χ0n) is 21.4. The fourth-order valence-electron chi connectivity index (χ4n) is 4.59. The molecule has 0 bridgehead atoms. The third kappa shape index (κ3) is 13.5. The number of carboxylic acid groups (broad SMARTS) is 2. The van der Waals surface area contributed by atoms with Gasteiger partial charge in [-0.3, -0.25) is 14.4 Å². The first kappa shape index (κ1) is 30.9. The van der Waals surface area contributed by atoms with Gasteiger partial charge in [0.15, 0.2) is 0 Å². The van der Waals surface area contributed by atoms with Crippen LogP contribution in [0.3, 0.4) is 0 Å². The van der Waals surface area contributed by atoms with Crippen LogP contribution in [0.4, 0.5) is 0 Å². The number of nitrogens with zero attached hydrogens (tertiary/aromatic N) is 1. The maximum absolute atomic E-state index is 12.9. The van der Waals surface area contributed by atoms with Crippen LogP contribution in [0.1, 0.15) is 116 Å². The average Bonchev–Trinajstić information content (AvgIpc) is 3.21. The lowest BCUT2D eigenvalue weighted by atomic mass is 10.0. The van der Waals surface area contributed by atoms with Gasteiger partial charge in [0.2, 0.25) is 11.8 Å². The highest BCUT2D eigenvalue weighted by Crippen LogP contribution is 2.20. The van der Waals surface area contributed by atoms with Crippen molar-refractivity contribution in [2.45, 2.75) is 134 Å². The molecule has 0 aliphatic carbocycles. The molecule has 3 atom stereocenters. The second-order valence-corrected chi connectivity index (χ2v) is 9.78. The Morgan fingerprint density at radius 3 is 1.83 bits per heavy atom. The number of carbonyl (C=O) groups is 4. The molecule has 202 valence electrons. The molecule has 9 nitrogen and oxygen atoms in total. The Morgan fingerprint density at radius 1 is 0.829 bits per heavy atom. The fraction of sp³-hybridized carbons (Fsp3) is 0.846. The zero-order chi connectivity index (χ0) is 26.1. The summed E-state index contributed by atoms with van der Waals surface area (Å²) in [6, 6.07) is -2.30. The van der Waals surface area contributed by atoms with Gasteiger partial charge >= 0.3 is 11.9 Å². The van der Waals surface area contributed by atoms with E-state index in [0.29, 0.717) is 6.42 Å². The molecule has 0 aromatic carbocycles. The van der Waals surface area contributed by atoms with Gasteiger partial charge in [0.05, 0.1) is 6.10 Å². The van der Waals surface area contributed by atoms with Gasteiger partial charge in [0.25, 0.3) is 0 Å². The normalized spacial score (nSPS) is 18.4. The predicted molar refractivity (Wildman–Crippen MR) is 133 cm³/mol. The Bertz CT molecular complexity index is 656. The molecular weight excluding hydrogens is 452 g/mol. The van der Waals surface area contributed by atoms with Gasteiger partial charge < -0.3 is 25.5 Å². The molecule has 1 heterocycles. The zero-order valence-corrected chi connectivity index (χ0v) is 21.4. The van der Waals surface area contributed by atoms with Crippen molar-refractivity contribution < 1.29 is 34.5 Å². The number of likely N-dealkylation sites (tertiary alicyclic amines) is 1. The van der Waals surface area contributed by atoms with E-state index in [-0.39, 0.29) is 38.1 Å². The summed E-state index contributed by atoms with van der Waals surface area (Å²) in [5, 5.41) is 30.7. The molecule has 0 aromatic rings. The number of unbranched alkanes of at least 4 members (excludes halogenated alkanes) is 12. The summed E-state index contributed by atoms with van der Waals surface area (Å²) in [7, 11) is 0. The first-order chi connectivity index (χ1) is 16.8. The number of hydrogen-bond donors (Lipinski definition) is 4. The van der Waals surface area contributed by atoms with E-state index >= 15 is 0 Å². The van der Waals surface area contributed by atoms with Gasteiger partial charge in [0.1, 0.15) is 12.1 Å². The van der Waals surface area contributed by atoms with E-state index in [1.165, 1.54) is 57.8 Å². The number of aliphatic hydroxyl groups excluding tert-OH is 1. The largest absolute Gasteiger partial charge is 0.481 e. The summed E-state index contributed by atoms with van der Waals surface area (Å²) < 4.78 is 0. The summed E-state index contributed by atoms with van der Waals surface area (Å²) in [5.74, 6) is -3.34. The van der Waals surface area contributed by atoms with Crippen LogP contribution in [0, 0.1) is 0 Å².